The van der Waals surface area contributed by atoms with Gasteiger partial charge in [-0.3, -0.25) is 10.1 Å². The first kappa shape index (κ1) is 30.0. The summed E-state index contributed by atoms with van der Waals surface area (Å²) in [4.78, 5) is 15.1. The molecule has 9 nitrogen and oxygen atoms in total. The smallest absolute Gasteiger partial charge is 0.426 e. The maximum Gasteiger partial charge on any atom is 0.426 e. The second-order valence-corrected chi connectivity index (χ2v) is 10.0. The first-order valence-corrected chi connectivity index (χ1v) is 13.0. The molecule has 1 atom stereocenters. The number of nitro groups is 1. The number of aromatic nitrogens is 3. The van der Waals surface area contributed by atoms with Crippen LogP contribution in [0.5, 0.6) is 11.6 Å². The number of hydrogen-bond acceptors (Lipinski definition) is 8. The standard InChI is InChI=1S/C27H21F4IN4O5/c1-3-4-10-26(27(29,30)31,39-15-17-8-6-5-7-9-17)25-35-34-24(41-25)22-21(36(37)38)11-16(2)23(33-22)40-20-13-18(28)12-19(32)14-20/h3,5-9,11-14H,1,4,10,15H2,2H3. The van der Waals surface area contributed by atoms with Crippen LogP contribution in [-0.4, -0.2) is 26.3 Å². The van der Waals surface area contributed by atoms with Crippen molar-refractivity contribution in [3.05, 3.63) is 104 Å². The number of halogens is 5. The Morgan fingerprint density at radius 3 is 2.51 bits per heavy atom. The first-order chi connectivity index (χ1) is 19.4. The number of hydrogen-bond donors (Lipinski definition) is 0. The highest BCUT2D eigenvalue weighted by molar-refractivity contribution is 14.1. The molecule has 2 aromatic carbocycles. The van der Waals surface area contributed by atoms with Crippen molar-refractivity contribution in [2.24, 2.45) is 0 Å². The molecular weight excluding hydrogens is 663 g/mol. The number of ether oxygens (including phenoxy) is 2. The molecule has 0 saturated heterocycles. The van der Waals surface area contributed by atoms with E-state index >= 15 is 0 Å². The van der Waals surface area contributed by atoms with E-state index in [1.165, 1.54) is 25.1 Å². The Morgan fingerprint density at radius 1 is 1.15 bits per heavy atom. The Hall–Kier alpha value is -3.92. The fourth-order valence-electron chi connectivity index (χ4n) is 3.83. The fraction of sp³-hybridized carbons (Fsp3) is 0.222. The second-order valence-electron chi connectivity index (χ2n) is 8.78. The zero-order chi connectivity index (χ0) is 29.8. The van der Waals surface area contributed by atoms with Gasteiger partial charge in [0.1, 0.15) is 11.6 Å². The van der Waals surface area contributed by atoms with Crippen LogP contribution in [0.3, 0.4) is 0 Å². The van der Waals surface area contributed by atoms with E-state index in [0.717, 1.165) is 12.1 Å². The molecule has 0 aliphatic carbocycles. The Kier molecular flexibility index (Phi) is 9.01. The molecule has 0 radical (unpaired) electrons. The summed E-state index contributed by atoms with van der Waals surface area (Å²) in [6, 6.07) is 13.1. The third kappa shape index (κ3) is 6.70. The van der Waals surface area contributed by atoms with Crippen LogP contribution in [0, 0.1) is 26.4 Å². The van der Waals surface area contributed by atoms with Gasteiger partial charge in [0.05, 0.1) is 11.5 Å². The molecule has 0 spiro atoms. The minimum atomic E-state index is -5.02. The highest BCUT2D eigenvalue weighted by atomic mass is 127. The number of aryl methyl sites for hydroxylation is 1. The Labute approximate surface area is 244 Å². The van der Waals surface area contributed by atoms with Gasteiger partial charge in [-0.1, -0.05) is 36.4 Å². The molecule has 0 aliphatic heterocycles. The predicted molar refractivity (Wildman–Crippen MR) is 147 cm³/mol. The third-order valence-corrected chi connectivity index (χ3v) is 6.48. The van der Waals surface area contributed by atoms with Crippen molar-refractivity contribution >= 4 is 28.3 Å². The normalized spacial score (nSPS) is 13.0. The average Bonchev–Trinajstić information content (AvgIpc) is 3.39. The summed E-state index contributed by atoms with van der Waals surface area (Å²) in [6.07, 6.45) is -4.51. The van der Waals surface area contributed by atoms with Gasteiger partial charge in [0, 0.05) is 21.3 Å². The molecule has 0 aliphatic rings. The number of nitrogens with zero attached hydrogens (tertiary/aromatic N) is 4. The van der Waals surface area contributed by atoms with Crippen LogP contribution in [0.15, 0.2) is 71.7 Å². The molecule has 214 valence electrons. The number of benzene rings is 2. The summed E-state index contributed by atoms with van der Waals surface area (Å²) in [6.45, 7) is 4.51. The van der Waals surface area contributed by atoms with E-state index < -0.39 is 58.7 Å². The summed E-state index contributed by atoms with van der Waals surface area (Å²) in [5.74, 6) is -2.35. The van der Waals surface area contributed by atoms with Crippen LogP contribution < -0.4 is 4.74 Å². The molecule has 0 fully saturated rings. The average molecular weight is 684 g/mol. The van der Waals surface area contributed by atoms with Gasteiger partial charge in [-0.05, 0) is 60.1 Å². The van der Waals surface area contributed by atoms with Gasteiger partial charge in [-0.2, -0.15) is 13.2 Å². The lowest BCUT2D eigenvalue weighted by Gasteiger charge is -2.32. The third-order valence-electron chi connectivity index (χ3n) is 5.85. The van der Waals surface area contributed by atoms with Crippen LogP contribution in [0.4, 0.5) is 23.2 Å². The van der Waals surface area contributed by atoms with Crippen molar-refractivity contribution < 1.29 is 36.4 Å². The van der Waals surface area contributed by atoms with Crippen LogP contribution in [-0.2, 0) is 16.9 Å². The van der Waals surface area contributed by atoms with Crippen molar-refractivity contribution in [1.29, 1.82) is 0 Å². The van der Waals surface area contributed by atoms with Gasteiger partial charge < -0.3 is 13.9 Å². The molecule has 4 rings (SSSR count). The van der Waals surface area contributed by atoms with E-state index in [9.17, 15) is 27.7 Å². The summed E-state index contributed by atoms with van der Waals surface area (Å²) < 4.78 is 74.9. The van der Waals surface area contributed by atoms with Crippen molar-refractivity contribution in [3.8, 4) is 23.2 Å². The topological polar surface area (TPSA) is 113 Å². The monoisotopic (exact) mass is 684 g/mol. The van der Waals surface area contributed by atoms with Gasteiger partial charge in [-0.25, -0.2) is 9.37 Å². The fourth-order valence-corrected chi connectivity index (χ4v) is 4.44. The molecular formula is C27H21F4IN4O5. The molecule has 4 aromatic rings. The molecule has 0 amide bonds. The lowest BCUT2D eigenvalue weighted by Crippen LogP contribution is -2.45. The number of allylic oxidation sites excluding steroid dienone is 1. The number of alkyl halides is 3. The Bertz CT molecular complexity index is 1550. The van der Waals surface area contributed by atoms with Gasteiger partial charge >= 0.3 is 11.9 Å². The van der Waals surface area contributed by atoms with E-state index in [-0.39, 0.29) is 23.6 Å². The van der Waals surface area contributed by atoms with Gasteiger partial charge in [-0.15, -0.1) is 16.8 Å². The second kappa shape index (κ2) is 12.3. The van der Waals surface area contributed by atoms with Crippen molar-refractivity contribution in [2.75, 3.05) is 0 Å². The molecule has 1 unspecified atom stereocenters. The van der Waals surface area contributed by atoms with E-state index in [1.807, 2.05) is 22.6 Å². The highest BCUT2D eigenvalue weighted by Crippen LogP contribution is 2.47. The largest absolute Gasteiger partial charge is 0.439 e. The van der Waals surface area contributed by atoms with Crippen LogP contribution in [0.25, 0.3) is 11.6 Å². The number of rotatable bonds is 11. The quantitative estimate of drug-likeness (QED) is 0.0517. The molecule has 2 aromatic heterocycles. The minimum absolute atomic E-state index is 0.0471. The predicted octanol–water partition coefficient (Wildman–Crippen LogP) is 7.82. The summed E-state index contributed by atoms with van der Waals surface area (Å²) in [5.41, 5.74) is -3.55. The SMILES string of the molecule is C=CCCC(OCc1ccccc1)(c1nnc(-c2nc(Oc3cc(F)cc(I)c3)c(C)cc2[N+](=O)[O-])o1)C(F)(F)F. The van der Waals surface area contributed by atoms with Crippen molar-refractivity contribution in [2.45, 2.75) is 38.1 Å². The maximum absolute atomic E-state index is 14.7. The van der Waals surface area contributed by atoms with Crippen molar-refractivity contribution in [3.63, 3.8) is 0 Å². The summed E-state index contributed by atoms with van der Waals surface area (Å²) in [7, 11) is 0. The van der Waals surface area contributed by atoms with Crippen LogP contribution >= 0.6 is 22.6 Å². The van der Waals surface area contributed by atoms with Gasteiger partial charge in [0.15, 0.2) is 0 Å². The lowest BCUT2D eigenvalue weighted by molar-refractivity contribution is -0.384. The Morgan fingerprint density at radius 2 is 1.88 bits per heavy atom. The van der Waals surface area contributed by atoms with E-state index in [4.69, 9.17) is 13.9 Å². The van der Waals surface area contributed by atoms with E-state index in [1.54, 1.807) is 30.3 Å². The van der Waals surface area contributed by atoms with Crippen LogP contribution in [0.2, 0.25) is 0 Å². The van der Waals surface area contributed by atoms with E-state index in [2.05, 4.69) is 21.8 Å². The highest BCUT2D eigenvalue weighted by Gasteiger charge is 2.61. The number of pyridine rings is 1. The molecule has 0 bridgehead atoms. The van der Waals surface area contributed by atoms with E-state index in [0.29, 0.717) is 9.13 Å². The van der Waals surface area contributed by atoms with Gasteiger partial charge in [0.25, 0.3) is 11.8 Å². The zero-order valence-corrected chi connectivity index (χ0v) is 23.5. The first-order valence-electron chi connectivity index (χ1n) is 11.9. The molecule has 2 heterocycles. The molecule has 0 N–H and O–H groups in total. The van der Waals surface area contributed by atoms with Gasteiger partial charge in [0.2, 0.25) is 17.2 Å². The lowest BCUT2D eigenvalue weighted by atomic mass is 9.96. The molecule has 0 saturated carbocycles. The minimum Gasteiger partial charge on any atom is -0.439 e. The maximum atomic E-state index is 14.7. The Balaban J connectivity index is 1.79. The van der Waals surface area contributed by atoms with Crippen molar-refractivity contribution in [1.82, 2.24) is 15.2 Å². The summed E-state index contributed by atoms with van der Waals surface area (Å²) >= 11 is 1.88. The van der Waals surface area contributed by atoms with Crippen LogP contribution in [0.1, 0.15) is 29.9 Å². The zero-order valence-electron chi connectivity index (χ0n) is 21.3. The summed E-state index contributed by atoms with van der Waals surface area (Å²) in [5, 5.41) is 19.1. The molecule has 41 heavy (non-hydrogen) atoms. The molecule has 14 heteroatoms.